The minimum absolute atomic E-state index is 0.118. The number of benzene rings is 2. The fraction of sp³-hybridized carbons (Fsp3) is 0.316. The molecular formula is C19H20F2N2O. The quantitative estimate of drug-likeness (QED) is 0.860. The maximum Gasteiger partial charge on any atom is 0.254 e. The maximum absolute atomic E-state index is 13.2. The number of nitrogens with zero attached hydrogens (tertiary/aromatic N) is 2. The summed E-state index contributed by atoms with van der Waals surface area (Å²) in [6.07, 6.45) is 0.859. The van der Waals surface area contributed by atoms with Crippen molar-refractivity contribution >= 4 is 5.91 Å². The van der Waals surface area contributed by atoms with E-state index >= 15 is 0 Å². The molecule has 1 amide bonds. The van der Waals surface area contributed by atoms with Gasteiger partial charge in [-0.15, -0.1) is 0 Å². The molecule has 1 saturated heterocycles. The van der Waals surface area contributed by atoms with E-state index in [0.717, 1.165) is 31.6 Å². The molecule has 1 aliphatic heterocycles. The standard InChI is InChI=1S/C19H20F2N2O/c20-17-6-4-15(5-7-17)8-9-22-10-12-23(13-11-22)19(24)16-2-1-3-18(21)14-16/h1-7,14H,8-13H2. The molecule has 0 aliphatic carbocycles. The second-order valence-corrected chi connectivity index (χ2v) is 6.02. The van der Waals surface area contributed by atoms with Gasteiger partial charge in [0.15, 0.2) is 0 Å². The Balaban J connectivity index is 1.48. The molecule has 0 bridgehead atoms. The number of hydrogen-bond donors (Lipinski definition) is 0. The van der Waals surface area contributed by atoms with Crippen molar-refractivity contribution in [1.82, 2.24) is 9.80 Å². The molecule has 3 nitrogen and oxygen atoms in total. The fourth-order valence-electron chi connectivity index (χ4n) is 2.92. The van der Waals surface area contributed by atoms with Gasteiger partial charge in [0.25, 0.3) is 5.91 Å². The third kappa shape index (κ3) is 4.17. The lowest BCUT2D eigenvalue weighted by molar-refractivity contribution is 0.0638. The van der Waals surface area contributed by atoms with Crippen molar-refractivity contribution < 1.29 is 13.6 Å². The Labute approximate surface area is 140 Å². The Morgan fingerprint density at radius 3 is 2.29 bits per heavy atom. The van der Waals surface area contributed by atoms with Gasteiger partial charge >= 0.3 is 0 Å². The molecule has 0 unspecified atom stereocenters. The molecule has 0 atom stereocenters. The lowest BCUT2D eigenvalue weighted by atomic mass is 10.1. The van der Waals surface area contributed by atoms with E-state index in [1.54, 1.807) is 29.2 Å². The highest BCUT2D eigenvalue weighted by molar-refractivity contribution is 5.94. The second kappa shape index (κ2) is 7.53. The van der Waals surface area contributed by atoms with Gasteiger partial charge in [-0.05, 0) is 42.3 Å². The molecule has 126 valence electrons. The summed E-state index contributed by atoms with van der Waals surface area (Å²) in [7, 11) is 0. The number of hydrogen-bond acceptors (Lipinski definition) is 2. The molecule has 1 aliphatic rings. The molecular weight excluding hydrogens is 310 g/mol. The SMILES string of the molecule is O=C(c1cccc(F)c1)N1CCN(CCc2ccc(F)cc2)CC1. The molecule has 1 fully saturated rings. The summed E-state index contributed by atoms with van der Waals surface area (Å²) in [6, 6.07) is 12.4. The lowest BCUT2D eigenvalue weighted by Crippen LogP contribution is -2.49. The normalized spacial score (nSPS) is 15.5. The zero-order valence-electron chi connectivity index (χ0n) is 13.4. The summed E-state index contributed by atoms with van der Waals surface area (Å²) >= 11 is 0. The number of halogens is 2. The number of amides is 1. The van der Waals surface area contributed by atoms with Gasteiger partial charge in [-0.2, -0.15) is 0 Å². The lowest BCUT2D eigenvalue weighted by Gasteiger charge is -2.34. The van der Waals surface area contributed by atoms with Crippen molar-refractivity contribution in [3.8, 4) is 0 Å². The Bertz CT molecular complexity index is 695. The summed E-state index contributed by atoms with van der Waals surface area (Å²) in [5.41, 5.74) is 1.50. The van der Waals surface area contributed by atoms with Crippen LogP contribution in [0.3, 0.4) is 0 Å². The predicted octanol–water partition coefficient (Wildman–Crippen LogP) is 2.97. The number of rotatable bonds is 4. The molecule has 5 heteroatoms. The van der Waals surface area contributed by atoms with Crippen LogP contribution in [0.15, 0.2) is 48.5 Å². The van der Waals surface area contributed by atoms with Crippen LogP contribution in [0.4, 0.5) is 8.78 Å². The van der Waals surface area contributed by atoms with Gasteiger partial charge in [0.1, 0.15) is 11.6 Å². The number of piperazine rings is 1. The van der Waals surface area contributed by atoms with Crippen LogP contribution in [-0.2, 0) is 6.42 Å². The van der Waals surface area contributed by atoms with Crippen LogP contribution >= 0.6 is 0 Å². The summed E-state index contributed by atoms with van der Waals surface area (Å²) < 4.78 is 26.1. The molecule has 24 heavy (non-hydrogen) atoms. The Kier molecular flexibility index (Phi) is 5.20. The molecule has 1 heterocycles. The van der Waals surface area contributed by atoms with Crippen molar-refractivity contribution in [2.75, 3.05) is 32.7 Å². The van der Waals surface area contributed by atoms with E-state index in [1.165, 1.54) is 24.3 Å². The first kappa shape index (κ1) is 16.6. The van der Waals surface area contributed by atoms with E-state index in [0.29, 0.717) is 18.7 Å². The highest BCUT2D eigenvalue weighted by Gasteiger charge is 2.22. The van der Waals surface area contributed by atoms with Gasteiger partial charge in [-0.3, -0.25) is 9.69 Å². The highest BCUT2D eigenvalue weighted by atomic mass is 19.1. The van der Waals surface area contributed by atoms with E-state index in [9.17, 15) is 13.6 Å². The smallest absolute Gasteiger partial charge is 0.254 e. The first-order valence-electron chi connectivity index (χ1n) is 8.13. The van der Waals surface area contributed by atoms with E-state index in [2.05, 4.69) is 4.90 Å². The van der Waals surface area contributed by atoms with Gasteiger partial charge in [-0.25, -0.2) is 8.78 Å². The van der Waals surface area contributed by atoms with Crippen LogP contribution < -0.4 is 0 Å². The molecule has 3 rings (SSSR count). The zero-order chi connectivity index (χ0) is 16.9. The summed E-state index contributed by atoms with van der Waals surface area (Å²) in [5.74, 6) is -0.727. The van der Waals surface area contributed by atoms with Crippen LogP contribution in [-0.4, -0.2) is 48.4 Å². The second-order valence-electron chi connectivity index (χ2n) is 6.02. The molecule has 0 radical (unpaired) electrons. The van der Waals surface area contributed by atoms with Gasteiger partial charge in [0.2, 0.25) is 0 Å². The summed E-state index contributed by atoms with van der Waals surface area (Å²) in [5, 5.41) is 0. The third-order valence-electron chi connectivity index (χ3n) is 4.36. The average Bonchev–Trinajstić information content (AvgIpc) is 2.61. The Hall–Kier alpha value is -2.27. The Morgan fingerprint density at radius 1 is 0.917 bits per heavy atom. The molecule has 0 spiro atoms. The van der Waals surface area contributed by atoms with Crippen LogP contribution in [0, 0.1) is 11.6 Å². The monoisotopic (exact) mass is 330 g/mol. The van der Waals surface area contributed by atoms with Crippen LogP contribution in [0.1, 0.15) is 15.9 Å². The summed E-state index contributed by atoms with van der Waals surface area (Å²) in [4.78, 5) is 16.4. The number of carbonyl (C=O) groups excluding carboxylic acids is 1. The van der Waals surface area contributed by atoms with Crippen molar-refractivity contribution in [1.29, 1.82) is 0 Å². The third-order valence-corrected chi connectivity index (χ3v) is 4.36. The van der Waals surface area contributed by atoms with Gasteiger partial charge in [0.05, 0.1) is 0 Å². The predicted molar refractivity (Wildman–Crippen MR) is 88.8 cm³/mol. The van der Waals surface area contributed by atoms with E-state index < -0.39 is 5.82 Å². The first-order chi connectivity index (χ1) is 11.6. The van der Waals surface area contributed by atoms with Gasteiger partial charge < -0.3 is 4.90 Å². The van der Waals surface area contributed by atoms with Crippen molar-refractivity contribution in [3.05, 3.63) is 71.3 Å². The average molecular weight is 330 g/mol. The molecule has 2 aromatic rings. The largest absolute Gasteiger partial charge is 0.336 e. The van der Waals surface area contributed by atoms with E-state index in [1.807, 2.05) is 0 Å². The van der Waals surface area contributed by atoms with E-state index in [-0.39, 0.29) is 11.7 Å². The zero-order valence-corrected chi connectivity index (χ0v) is 13.4. The fourth-order valence-corrected chi connectivity index (χ4v) is 2.92. The Morgan fingerprint density at radius 2 is 1.62 bits per heavy atom. The van der Waals surface area contributed by atoms with E-state index in [4.69, 9.17) is 0 Å². The van der Waals surface area contributed by atoms with Crippen LogP contribution in [0.5, 0.6) is 0 Å². The highest BCUT2D eigenvalue weighted by Crippen LogP contribution is 2.11. The first-order valence-corrected chi connectivity index (χ1v) is 8.13. The van der Waals surface area contributed by atoms with Gasteiger partial charge in [0, 0.05) is 38.3 Å². The van der Waals surface area contributed by atoms with Gasteiger partial charge in [-0.1, -0.05) is 18.2 Å². The summed E-state index contributed by atoms with van der Waals surface area (Å²) in [6.45, 7) is 3.75. The topological polar surface area (TPSA) is 23.6 Å². The molecule has 2 aromatic carbocycles. The molecule has 0 N–H and O–H groups in total. The van der Waals surface area contributed by atoms with Crippen LogP contribution in [0.25, 0.3) is 0 Å². The molecule has 0 aromatic heterocycles. The minimum atomic E-state index is -0.390. The maximum atomic E-state index is 13.2. The number of carbonyl (C=O) groups is 1. The minimum Gasteiger partial charge on any atom is -0.336 e. The molecule has 0 saturated carbocycles. The van der Waals surface area contributed by atoms with Crippen molar-refractivity contribution in [2.45, 2.75) is 6.42 Å². The van der Waals surface area contributed by atoms with Crippen molar-refractivity contribution in [2.24, 2.45) is 0 Å². The van der Waals surface area contributed by atoms with Crippen molar-refractivity contribution in [3.63, 3.8) is 0 Å². The van der Waals surface area contributed by atoms with Crippen LogP contribution in [0.2, 0.25) is 0 Å².